The fourth-order valence-corrected chi connectivity index (χ4v) is 7.00. The molecule has 9 nitrogen and oxygen atoms in total. The minimum Gasteiger partial charge on any atom is -0.351 e. The van der Waals surface area contributed by atoms with E-state index in [1.54, 1.807) is 4.90 Å². The molecule has 2 aliphatic heterocycles. The Morgan fingerprint density at radius 3 is 2.42 bits per heavy atom. The molecule has 3 aliphatic rings. The van der Waals surface area contributed by atoms with E-state index >= 15 is 0 Å². The molecule has 1 aromatic carbocycles. The van der Waals surface area contributed by atoms with Crippen LogP contribution in [-0.2, 0) is 26.8 Å². The summed E-state index contributed by atoms with van der Waals surface area (Å²) in [5.74, 6) is 1.63. The molecule has 0 radical (unpaired) electrons. The number of rotatable bonds is 7. The van der Waals surface area contributed by atoms with Crippen LogP contribution in [0.3, 0.4) is 0 Å². The molecule has 4 N–H and O–H groups in total. The van der Waals surface area contributed by atoms with Crippen molar-refractivity contribution in [3.63, 3.8) is 0 Å². The Labute approximate surface area is 215 Å². The van der Waals surface area contributed by atoms with E-state index in [4.69, 9.17) is 5.73 Å². The minimum atomic E-state index is -3.34. The number of primary amides is 1. The standard InChI is InChI=1S/C26H41N5O4S/c1-18(2)19-4-7-22(8-5-19)30-13-10-26(11-14-30)23-9-6-21(29-25(27)33)16-20(23)17-31(24(26)32)15-12-28-36(3,34)35/h6,9,16,18-19,22,28H,4-5,7-8,10-15,17H2,1-3H3,(H3,27,29,33). The number of carbonyl (C=O) groups excluding carboxylic acids is 2. The summed E-state index contributed by atoms with van der Waals surface area (Å²) in [4.78, 5) is 29.7. The van der Waals surface area contributed by atoms with Crippen LogP contribution in [0.1, 0.15) is 63.5 Å². The van der Waals surface area contributed by atoms with Crippen molar-refractivity contribution < 1.29 is 18.0 Å². The van der Waals surface area contributed by atoms with Gasteiger partial charge in [-0.05, 0) is 86.7 Å². The maximum atomic E-state index is 13.9. The smallest absolute Gasteiger partial charge is 0.316 e. The lowest BCUT2D eigenvalue weighted by Gasteiger charge is -2.49. The molecule has 0 atom stereocenters. The van der Waals surface area contributed by atoms with Crippen molar-refractivity contribution >= 4 is 27.6 Å². The van der Waals surface area contributed by atoms with E-state index in [0.717, 1.165) is 55.1 Å². The van der Waals surface area contributed by atoms with E-state index in [1.807, 2.05) is 18.2 Å². The van der Waals surface area contributed by atoms with Crippen molar-refractivity contribution in [3.8, 4) is 0 Å². The van der Waals surface area contributed by atoms with Gasteiger partial charge >= 0.3 is 6.03 Å². The van der Waals surface area contributed by atoms with Crippen LogP contribution in [0.15, 0.2) is 18.2 Å². The van der Waals surface area contributed by atoms with Crippen LogP contribution in [0.25, 0.3) is 0 Å². The molecule has 1 saturated heterocycles. The largest absolute Gasteiger partial charge is 0.351 e. The van der Waals surface area contributed by atoms with Crippen LogP contribution < -0.4 is 15.8 Å². The number of likely N-dealkylation sites (tertiary alicyclic amines) is 1. The maximum Gasteiger partial charge on any atom is 0.316 e. The normalized spacial score (nSPS) is 24.7. The molecule has 1 aliphatic carbocycles. The predicted molar refractivity (Wildman–Crippen MR) is 141 cm³/mol. The number of hydrogen-bond donors (Lipinski definition) is 3. The summed E-state index contributed by atoms with van der Waals surface area (Å²) in [5.41, 5.74) is 7.29. The summed E-state index contributed by atoms with van der Waals surface area (Å²) >= 11 is 0. The van der Waals surface area contributed by atoms with Crippen LogP contribution in [0.2, 0.25) is 0 Å². The molecular formula is C26H41N5O4S. The zero-order chi connectivity index (χ0) is 26.1. The third-order valence-corrected chi connectivity index (χ3v) is 9.27. The SMILES string of the molecule is CC(C)C1CCC(N2CCC3(CC2)C(=O)N(CCNS(C)(=O)=O)Cc2cc(NC(N)=O)ccc23)CC1. The summed E-state index contributed by atoms with van der Waals surface area (Å²) < 4.78 is 25.6. The number of hydrogen-bond acceptors (Lipinski definition) is 5. The average molecular weight is 520 g/mol. The molecule has 3 amide bonds. The summed E-state index contributed by atoms with van der Waals surface area (Å²) in [7, 11) is -3.34. The molecule has 4 rings (SSSR count). The predicted octanol–water partition coefficient (Wildman–Crippen LogP) is 2.62. The van der Waals surface area contributed by atoms with Gasteiger partial charge in [-0.3, -0.25) is 4.79 Å². The van der Waals surface area contributed by atoms with Gasteiger partial charge < -0.3 is 20.9 Å². The van der Waals surface area contributed by atoms with E-state index in [0.29, 0.717) is 24.8 Å². The fourth-order valence-electron chi connectivity index (χ4n) is 6.54. The van der Waals surface area contributed by atoms with Crippen molar-refractivity contribution in [2.24, 2.45) is 17.6 Å². The van der Waals surface area contributed by atoms with Gasteiger partial charge in [0.1, 0.15) is 0 Å². The Morgan fingerprint density at radius 1 is 1.17 bits per heavy atom. The number of benzene rings is 1. The number of nitrogens with one attached hydrogen (secondary N) is 2. The third kappa shape index (κ3) is 5.86. The van der Waals surface area contributed by atoms with Gasteiger partial charge in [0.2, 0.25) is 15.9 Å². The van der Waals surface area contributed by atoms with E-state index in [1.165, 1.54) is 25.7 Å². The first-order chi connectivity index (χ1) is 17.0. The number of sulfonamides is 1. The molecule has 200 valence electrons. The van der Waals surface area contributed by atoms with Gasteiger partial charge in [0, 0.05) is 31.4 Å². The minimum absolute atomic E-state index is 0.0732. The molecule has 0 aromatic heterocycles. The van der Waals surface area contributed by atoms with Crippen LogP contribution in [0.4, 0.5) is 10.5 Å². The number of amides is 3. The van der Waals surface area contributed by atoms with Gasteiger partial charge in [-0.25, -0.2) is 17.9 Å². The highest BCUT2D eigenvalue weighted by Gasteiger charge is 2.49. The van der Waals surface area contributed by atoms with Crippen molar-refractivity contribution in [2.75, 3.05) is 37.8 Å². The molecule has 1 saturated carbocycles. The Balaban J connectivity index is 1.53. The second-order valence-corrected chi connectivity index (χ2v) is 13.0. The Morgan fingerprint density at radius 2 is 1.83 bits per heavy atom. The number of urea groups is 1. The Hall–Kier alpha value is -2.17. The zero-order valence-electron chi connectivity index (χ0n) is 21.8. The fraction of sp³-hybridized carbons (Fsp3) is 0.692. The highest BCUT2D eigenvalue weighted by Crippen LogP contribution is 2.45. The number of piperidine rings is 1. The number of carbonyl (C=O) groups is 2. The van der Waals surface area contributed by atoms with Crippen LogP contribution >= 0.6 is 0 Å². The van der Waals surface area contributed by atoms with Crippen LogP contribution in [-0.4, -0.2) is 68.6 Å². The quantitative estimate of drug-likeness (QED) is 0.511. The first-order valence-electron chi connectivity index (χ1n) is 13.2. The summed E-state index contributed by atoms with van der Waals surface area (Å²) in [6.45, 7) is 7.23. The second kappa shape index (κ2) is 10.7. The van der Waals surface area contributed by atoms with Crippen LogP contribution in [0, 0.1) is 11.8 Å². The molecule has 2 heterocycles. The third-order valence-electron chi connectivity index (χ3n) is 8.54. The van der Waals surface area contributed by atoms with Gasteiger partial charge in [0.05, 0.1) is 11.7 Å². The second-order valence-electron chi connectivity index (χ2n) is 11.2. The number of nitrogens with zero attached hydrogens (tertiary/aromatic N) is 2. The lowest BCUT2D eigenvalue weighted by atomic mass is 9.67. The van der Waals surface area contributed by atoms with Gasteiger partial charge in [-0.1, -0.05) is 19.9 Å². The van der Waals surface area contributed by atoms with Gasteiger partial charge in [-0.2, -0.15) is 0 Å². The van der Waals surface area contributed by atoms with Crippen molar-refractivity contribution in [2.45, 2.75) is 70.4 Å². The Bertz CT molecular complexity index is 1070. The zero-order valence-corrected chi connectivity index (χ0v) is 22.6. The summed E-state index contributed by atoms with van der Waals surface area (Å²) in [6.07, 6.45) is 7.61. The average Bonchev–Trinajstić information content (AvgIpc) is 2.81. The molecule has 0 unspecified atom stereocenters. The monoisotopic (exact) mass is 519 g/mol. The highest BCUT2D eigenvalue weighted by molar-refractivity contribution is 7.88. The van der Waals surface area contributed by atoms with Crippen molar-refractivity contribution in [1.82, 2.24) is 14.5 Å². The first-order valence-corrected chi connectivity index (χ1v) is 15.1. The Kier molecular flexibility index (Phi) is 7.97. The van der Waals surface area contributed by atoms with Gasteiger partial charge in [-0.15, -0.1) is 0 Å². The van der Waals surface area contributed by atoms with Crippen LogP contribution in [0.5, 0.6) is 0 Å². The molecule has 36 heavy (non-hydrogen) atoms. The molecule has 10 heteroatoms. The number of anilines is 1. The summed E-state index contributed by atoms with van der Waals surface area (Å²) in [6, 6.07) is 5.64. The molecular weight excluding hydrogens is 478 g/mol. The van der Waals surface area contributed by atoms with Crippen molar-refractivity contribution in [1.29, 1.82) is 0 Å². The van der Waals surface area contributed by atoms with E-state index in [2.05, 4.69) is 28.8 Å². The highest BCUT2D eigenvalue weighted by atomic mass is 32.2. The van der Waals surface area contributed by atoms with E-state index < -0.39 is 21.5 Å². The van der Waals surface area contributed by atoms with Crippen molar-refractivity contribution in [3.05, 3.63) is 29.3 Å². The topological polar surface area (TPSA) is 125 Å². The molecule has 1 aromatic rings. The van der Waals surface area contributed by atoms with E-state index in [9.17, 15) is 18.0 Å². The summed E-state index contributed by atoms with van der Waals surface area (Å²) in [5, 5.41) is 2.63. The number of nitrogens with two attached hydrogens (primary N) is 1. The molecule has 2 fully saturated rings. The lowest BCUT2D eigenvalue weighted by Crippen LogP contribution is -2.58. The van der Waals surface area contributed by atoms with E-state index in [-0.39, 0.29) is 12.5 Å². The molecule has 0 bridgehead atoms. The first kappa shape index (κ1) is 26.9. The maximum absolute atomic E-state index is 13.9. The van der Waals surface area contributed by atoms with Gasteiger partial charge in [0.15, 0.2) is 0 Å². The molecule has 1 spiro atoms. The number of fused-ring (bicyclic) bond motifs is 2. The lowest BCUT2D eigenvalue weighted by molar-refractivity contribution is -0.142. The van der Waals surface area contributed by atoms with Gasteiger partial charge in [0.25, 0.3) is 0 Å².